The van der Waals surface area contributed by atoms with E-state index in [1.165, 1.54) is 23.3 Å². The fourth-order valence-electron chi connectivity index (χ4n) is 2.77. The van der Waals surface area contributed by atoms with Gasteiger partial charge in [-0.3, -0.25) is 4.99 Å². The van der Waals surface area contributed by atoms with E-state index in [2.05, 4.69) is 51.9 Å². The molecule has 0 bridgehead atoms. The lowest BCUT2D eigenvalue weighted by Gasteiger charge is -2.11. The van der Waals surface area contributed by atoms with Crippen LogP contribution in [0, 0.1) is 12.7 Å². The summed E-state index contributed by atoms with van der Waals surface area (Å²) in [5, 5.41) is 11.1. The van der Waals surface area contributed by atoms with Crippen molar-refractivity contribution in [2.45, 2.75) is 19.9 Å². The van der Waals surface area contributed by atoms with Gasteiger partial charge in [-0.25, -0.2) is 9.07 Å². The van der Waals surface area contributed by atoms with Gasteiger partial charge in [0, 0.05) is 32.8 Å². The molecule has 0 radical (unpaired) electrons. The monoisotopic (exact) mass is 365 g/mol. The predicted octanol–water partition coefficient (Wildman–Crippen LogP) is 3.23. The Bertz CT molecular complexity index is 899. The van der Waals surface area contributed by atoms with Gasteiger partial charge in [0.1, 0.15) is 5.82 Å². The molecule has 1 aromatic heterocycles. The van der Waals surface area contributed by atoms with Crippen LogP contribution in [0.25, 0.3) is 5.69 Å². The largest absolute Gasteiger partial charge is 0.356 e. The van der Waals surface area contributed by atoms with Gasteiger partial charge in [0.15, 0.2) is 5.96 Å². The quantitative estimate of drug-likeness (QED) is 0.521. The van der Waals surface area contributed by atoms with Crippen molar-refractivity contribution < 1.29 is 4.39 Å². The van der Waals surface area contributed by atoms with Crippen LogP contribution in [0.1, 0.15) is 16.8 Å². The van der Waals surface area contributed by atoms with Gasteiger partial charge in [-0.2, -0.15) is 5.10 Å². The van der Waals surface area contributed by atoms with Crippen LogP contribution in [0.15, 0.2) is 65.8 Å². The molecule has 0 fully saturated rings. The maximum absolute atomic E-state index is 13.0. The summed E-state index contributed by atoms with van der Waals surface area (Å²) in [5.41, 5.74) is 4.26. The Labute approximate surface area is 159 Å². The van der Waals surface area contributed by atoms with Crippen molar-refractivity contribution in [1.29, 1.82) is 0 Å². The zero-order chi connectivity index (χ0) is 19.1. The van der Waals surface area contributed by atoms with Gasteiger partial charge in [0.05, 0.1) is 11.4 Å². The molecule has 3 rings (SSSR count). The van der Waals surface area contributed by atoms with Crippen molar-refractivity contribution in [3.8, 4) is 5.69 Å². The minimum absolute atomic E-state index is 0.250. The molecule has 2 N–H and O–H groups in total. The van der Waals surface area contributed by atoms with Gasteiger partial charge < -0.3 is 10.6 Å². The number of guanidine groups is 1. The highest BCUT2D eigenvalue weighted by molar-refractivity contribution is 5.79. The molecule has 0 atom stereocenters. The Morgan fingerprint density at radius 3 is 2.67 bits per heavy atom. The number of nitrogens with zero attached hydrogens (tertiary/aromatic N) is 3. The minimum atomic E-state index is -0.250. The summed E-state index contributed by atoms with van der Waals surface area (Å²) in [6, 6.07) is 16.6. The molecule has 0 aliphatic heterocycles. The van der Waals surface area contributed by atoms with Crippen LogP contribution in [0.3, 0.4) is 0 Å². The second kappa shape index (κ2) is 8.98. The molecule has 0 amide bonds. The molecule has 0 saturated heterocycles. The summed E-state index contributed by atoms with van der Waals surface area (Å²) in [4.78, 5) is 4.25. The number of hydrogen-bond donors (Lipinski definition) is 2. The van der Waals surface area contributed by atoms with Gasteiger partial charge in [-0.05, 0) is 42.8 Å². The molecule has 140 valence electrons. The van der Waals surface area contributed by atoms with Gasteiger partial charge in [0.25, 0.3) is 0 Å². The fourth-order valence-corrected chi connectivity index (χ4v) is 2.77. The first-order chi connectivity index (χ1) is 13.1. The third kappa shape index (κ3) is 5.41. The normalized spacial score (nSPS) is 11.4. The summed E-state index contributed by atoms with van der Waals surface area (Å²) < 4.78 is 14.8. The molecule has 5 nitrogen and oxygen atoms in total. The Balaban J connectivity index is 1.47. The average Bonchev–Trinajstić information content (AvgIpc) is 3.14. The van der Waals surface area contributed by atoms with Crippen LogP contribution < -0.4 is 10.6 Å². The lowest BCUT2D eigenvalue weighted by Crippen LogP contribution is -2.37. The first-order valence-corrected chi connectivity index (χ1v) is 8.94. The van der Waals surface area contributed by atoms with Gasteiger partial charge in [0.2, 0.25) is 0 Å². The van der Waals surface area contributed by atoms with E-state index in [0.717, 1.165) is 30.3 Å². The lowest BCUT2D eigenvalue weighted by molar-refractivity contribution is 0.627. The molecule has 0 aliphatic carbocycles. The third-order valence-corrected chi connectivity index (χ3v) is 4.18. The standard InChI is InChI=1S/C21H24FN5/c1-16-4-3-5-17(14-16)15-25-21(23-2)24-12-10-19-11-13-27(26-19)20-8-6-18(22)7-9-20/h3-9,11,13-14H,10,12,15H2,1-2H3,(H2,23,24,25). The number of rotatable bonds is 6. The fraction of sp³-hybridized carbons (Fsp3) is 0.238. The maximum atomic E-state index is 13.0. The SMILES string of the molecule is CN=C(NCCc1ccn(-c2ccc(F)cc2)n1)NCc1cccc(C)c1. The van der Waals surface area contributed by atoms with Gasteiger partial charge in [-0.1, -0.05) is 29.8 Å². The van der Waals surface area contributed by atoms with Crippen LogP contribution in [-0.2, 0) is 13.0 Å². The van der Waals surface area contributed by atoms with E-state index in [1.54, 1.807) is 23.9 Å². The van der Waals surface area contributed by atoms with Crippen LogP contribution in [0.4, 0.5) is 4.39 Å². The highest BCUT2D eigenvalue weighted by atomic mass is 19.1. The zero-order valence-corrected chi connectivity index (χ0v) is 15.6. The number of halogens is 1. The van der Waals surface area contributed by atoms with E-state index in [-0.39, 0.29) is 5.82 Å². The van der Waals surface area contributed by atoms with E-state index < -0.39 is 0 Å². The first kappa shape index (κ1) is 18.6. The summed E-state index contributed by atoms with van der Waals surface area (Å²) in [7, 11) is 1.76. The second-order valence-corrected chi connectivity index (χ2v) is 6.32. The third-order valence-electron chi connectivity index (χ3n) is 4.18. The van der Waals surface area contributed by atoms with Gasteiger partial charge in [-0.15, -0.1) is 0 Å². The first-order valence-electron chi connectivity index (χ1n) is 8.94. The highest BCUT2D eigenvalue weighted by Gasteiger charge is 2.03. The highest BCUT2D eigenvalue weighted by Crippen LogP contribution is 2.09. The summed E-state index contributed by atoms with van der Waals surface area (Å²) >= 11 is 0. The minimum Gasteiger partial charge on any atom is -0.356 e. The van der Waals surface area contributed by atoms with E-state index in [1.807, 2.05) is 12.3 Å². The zero-order valence-electron chi connectivity index (χ0n) is 15.6. The molecule has 0 aliphatic rings. The molecule has 6 heteroatoms. The molecule has 0 unspecified atom stereocenters. The van der Waals surface area contributed by atoms with Crippen LogP contribution in [0.2, 0.25) is 0 Å². The lowest BCUT2D eigenvalue weighted by atomic mass is 10.1. The van der Waals surface area contributed by atoms with Crippen molar-refractivity contribution in [1.82, 2.24) is 20.4 Å². The van der Waals surface area contributed by atoms with Crippen molar-refractivity contribution in [3.63, 3.8) is 0 Å². The van der Waals surface area contributed by atoms with Crippen LogP contribution >= 0.6 is 0 Å². The number of benzene rings is 2. The maximum Gasteiger partial charge on any atom is 0.191 e. The number of nitrogens with one attached hydrogen (secondary N) is 2. The summed E-state index contributed by atoms with van der Waals surface area (Å²) in [6.07, 6.45) is 2.65. The average molecular weight is 365 g/mol. The molecule has 1 heterocycles. The smallest absolute Gasteiger partial charge is 0.191 e. The van der Waals surface area contributed by atoms with E-state index in [0.29, 0.717) is 6.54 Å². The Kier molecular flexibility index (Phi) is 6.20. The summed E-state index contributed by atoms with van der Waals surface area (Å²) in [6.45, 7) is 3.52. The Morgan fingerprint density at radius 1 is 1.11 bits per heavy atom. The topological polar surface area (TPSA) is 54.2 Å². The molecule has 0 spiro atoms. The van der Waals surface area contributed by atoms with Crippen molar-refractivity contribution in [3.05, 3.63) is 83.4 Å². The van der Waals surface area contributed by atoms with Crippen molar-refractivity contribution >= 4 is 5.96 Å². The molecule has 27 heavy (non-hydrogen) atoms. The van der Waals surface area contributed by atoms with Crippen molar-refractivity contribution in [2.24, 2.45) is 4.99 Å². The molecular weight excluding hydrogens is 341 g/mol. The van der Waals surface area contributed by atoms with Crippen LogP contribution in [0.5, 0.6) is 0 Å². The molecular formula is C21H24FN5. The van der Waals surface area contributed by atoms with E-state index >= 15 is 0 Å². The van der Waals surface area contributed by atoms with E-state index in [9.17, 15) is 4.39 Å². The number of aryl methyl sites for hydroxylation is 1. The second-order valence-electron chi connectivity index (χ2n) is 6.32. The molecule has 2 aromatic carbocycles. The Morgan fingerprint density at radius 2 is 1.93 bits per heavy atom. The Hall–Kier alpha value is -3.15. The summed E-state index contributed by atoms with van der Waals surface area (Å²) in [5.74, 6) is 0.509. The molecule has 3 aromatic rings. The van der Waals surface area contributed by atoms with Crippen molar-refractivity contribution in [2.75, 3.05) is 13.6 Å². The number of aliphatic imine (C=N–C) groups is 1. The van der Waals surface area contributed by atoms with Crippen LogP contribution in [-0.4, -0.2) is 29.3 Å². The number of aromatic nitrogens is 2. The molecule has 0 saturated carbocycles. The number of hydrogen-bond acceptors (Lipinski definition) is 2. The van der Waals surface area contributed by atoms with Gasteiger partial charge >= 0.3 is 0 Å². The van der Waals surface area contributed by atoms with E-state index in [4.69, 9.17) is 0 Å². The predicted molar refractivity (Wildman–Crippen MR) is 107 cm³/mol.